The average Bonchev–Trinajstić information content (AvgIpc) is 3.29. The summed E-state index contributed by atoms with van der Waals surface area (Å²) in [5.74, 6) is -2.17. The second-order valence-corrected chi connectivity index (χ2v) is 8.98. The van der Waals surface area contributed by atoms with Crippen molar-refractivity contribution in [3.63, 3.8) is 0 Å². The number of alkyl halides is 1. The second-order valence-electron chi connectivity index (χ2n) is 8.98. The number of allylic oxidation sites excluding steroid dienone is 2. The number of aromatic nitrogens is 1. The zero-order chi connectivity index (χ0) is 23.8. The highest BCUT2D eigenvalue weighted by Gasteiger charge is 2.61. The predicted molar refractivity (Wildman–Crippen MR) is 120 cm³/mol. The maximum Gasteiger partial charge on any atom is 0.412 e. The van der Waals surface area contributed by atoms with Gasteiger partial charge >= 0.3 is 6.09 Å². The van der Waals surface area contributed by atoms with Crippen molar-refractivity contribution in [3.05, 3.63) is 71.6 Å². The number of likely N-dealkylation sites (tertiary alicyclic amines) is 1. The molecule has 1 spiro atoms. The maximum atomic E-state index is 15.6. The highest BCUT2D eigenvalue weighted by Crippen LogP contribution is 2.55. The van der Waals surface area contributed by atoms with Gasteiger partial charge in [-0.2, -0.15) is 0 Å². The Labute approximate surface area is 196 Å². The number of amides is 2. The Balaban J connectivity index is 1.22. The van der Waals surface area contributed by atoms with Crippen molar-refractivity contribution < 1.29 is 28.0 Å². The van der Waals surface area contributed by atoms with Crippen LogP contribution in [0, 0.1) is 5.41 Å². The van der Waals surface area contributed by atoms with E-state index in [4.69, 9.17) is 14.0 Å². The lowest BCUT2D eigenvalue weighted by molar-refractivity contribution is -0.294. The molecule has 1 aromatic carbocycles. The van der Waals surface area contributed by atoms with Crippen LogP contribution in [0.3, 0.4) is 0 Å². The molecule has 2 aliphatic carbocycles. The standard InChI is InChI=1S/C25H26FN3O5/c1-27-21(30)20-14-19(34-28-20)15-32-23(31)29-16-24(10-5-11-24)22(29)33-25(26)12-8-18(9-13-25)17-6-3-2-4-7-17/h2-4,6-9,12,14,22H,5,10-11,13,15-16H2,1H3,(H,27,30). The van der Waals surface area contributed by atoms with Crippen LogP contribution in [-0.2, 0) is 16.1 Å². The molecule has 0 radical (unpaired) electrons. The summed E-state index contributed by atoms with van der Waals surface area (Å²) in [7, 11) is 1.48. The molecule has 5 rings (SSSR count). The zero-order valence-corrected chi connectivity index (χ0v) is 18.8. The van der Waals surface area contributed by atoms with E-state index >= 15 is 4.39 Å². The van der Waals surface area contributed by atoms with Crippen LogP contribution in [0.5, 0.6) is 0 Å². The smallest absolute Gasteiger partial charge is 0.412 e. The Morgan fingerprint density at radius 2 is 2.09 bits per heavy atom. The molecule has 178 valence electrons. The first kappa shape index (κ1) is 22.3. The summed E-state index contributed by atoms with van der Waals surface area (Å²) in [6, 6.07) is 11.2. The molecule has 2 unspecified atom stereocenters. The van der Waals surface area contributed by atoms with E-state index in [0.717, 1.165) is 30.4 Å². The second kappa shape index (κ2) is 8.72. The van der Waals surface area contributed by atoms with E-state index in [1.807, 2.05) is 36.4 Å². The third-order valence-electron chi connectivity index (χ3n) is 6.76. The molecule has 2 atom stereocenters. The molecule has 1 saturated heterocycles. The molecule has 3 aliphatic rings. The van der Waals surface area contributed by atoms with Gasteiger partial charge in [0.15, 0.2) is 18.1 Å². The number of benzene rings is 1. The van der Waals surface area contributed by atoms with Crippen LogP contribution in [0.4, 0.5) is 9.18 Å². The summed E-state index contributed by atoms with van der Waals surface area (Å²) in [6.07, 6.45) is 6.49. The molecule has 1 aliphatic heterocycles. The Morgan fingerprint density at radius 3 is 2.74 bits per heavy atom. The van der Waals surface area contributed by atoms with Gasteiger partial charge in [0, 0.05) is 31.5 Å². The molecule has 34 heavy (non-hydrogen) atoms. The topological polar surface area (TPSA) is 93.9 Å². The van der Waals surface area contributed by atoms with Crippen molar-refractivity contribution in [2.75, 3.05) is 13.6 Å². The summed E-state index contributed by atoms with van der Waals surface area (Å²) in [4.78, 5) is 25.8. The fourth-order valence-corrected chi connectivity index (χ4v) is 4.65. The summed E-state index contributed by atoms with van der Waals surface area (Å²) in [5.41, 5.74) is 1.81. The van der Waals surface area contributed by atoms with E-state index < -0.39 is 24.1 Å². The van der Waals surface area contributed by atoms with Gasteiger partial charge in [-0.1, -0.05) is 54.1 Å². The first-order valence-corrected chi connectivity index (χ1v) is 11.3. The van der Waals surface area contributed by atoms with Gasteiger partial charge in [0.2, 0.25) is 5.85 Å². The van der Waals surface area contributed by atoms with Gasteiger partial charge in [-0.05, 0) is 30.1 Å². The minimum absolute atomic E-state index is 0.0591. The van der Waals surface area contributed by atoms with Crippen molar-refractivity contribution in [1.29, 1.82) is 0 Å². The van der Waals surface area contributed by atoms with Crippen molar-refractivity contribution >= 4 is 17.6 Å². The predicted octanol–water partition coefficient (Wildman–Crippen LogP) is 4.21. The van der Waals surface area contributed by atoms with E-state index in [0.29, 0.717) is 6.54 Å². The third kappa shape index (κ3) is 4.11. The van der Waals surface area contributed by atoms with E-state index in [2.05, 4.69) is 10.5 Å². The monoisotopic (exact) mass is 467 g/mol. The SMILES string of the molecule is CNC(=O)c1cc(COC(=O)N2CC3(CCC3)C2OC2(F)C=CC(c3ccccc3)=CC2)on1. The molecule has 1 aromatic heterocycles. The minimum Gasteiger partial charge on any atom is -0.441 e. The van der Waals surface area contributed by atoms with Crippen molar-refractivity contribution in [3.8, 4) is 0 Å². The Kier molecular flexibility index (Phi) is 5.73. The highest BCUT2D eigenvalue weighted by molar-refractivity contribution is 5.91. The largest absolute Gasteiger partial charge is 0.441 e. The highest BCUT2D eigenvalue weighted by atomic mass is 19.2. The van der Waals surface area contributed by atoms with Gasteiger partial charge in [0.1, 0.15) is 6.23 Å². The number of ether oxygens (including phenoxy) is 2. The minimum atomic E-state index is -2.00. The lowest BCUT2D eigenvalue weighted by Gasteiger charge is -2.61. The molecule has 2 aromatic rings. The number of hydrogen-bond acceptors (Lipinski definition) is 6. The molecule has 2 fully saturated rings. The Morgan fingerprint density at radius 1 is 1.29 bits per heavy atom. The van der Waals surface area contributed by atoms with Crippen molar-refractivity contribution in [1.82, 2.24) is 15.4 Å². The molecule has 2 amide bonds. The van der Waals surface area contributed by atoms with Gasteiger partial charge < -0.3 is 19.3 Å². The van der Waals surface area contributed by atoms with Crippen molar-refractivity contribution in [2.45, 2.75) is 44.4 Å². The van der Waals surface area contributed by atoms with Crippen LogP contribution in [0.1, 0.15) is 47.5 Å². The number of hydrogen-bond donors (Lipinski definition) is 1. The lowest BCUT2D eigenvalue weighted by Crippen LogP contribution is -2.71. The fraction of sp³-hybridized carbons (Fsp3) is 0.400. The average molecular weight is 467 g/mol. The summed E-state index contributed by atoms with van der Waals surface area (Å²) in [6.45, 7) is 0.268. The van der Waals surface area contributed by atoms with Crippen LogP contribution in [0.2, 0.25) is 0 Å². The number of nitrogens with zero attached hydrogens (tertiary/aromatic N) is 2. The summed E-state index contributed by atoms with van der Waals surface area (Å²) >= 11 is 0. The quantitative estimate of drug-likeness (QED) is 0.684. The molecule has 2 heterocycles. The lowest BCUT2D eigenvalue weighted by atomic mass is 9.62. The number of carbonyl (C=O) groups excluding carboxylic acids is 2. The zero-order valence-electron chi connectivity index (χ0n) is 18.8. The maximum absolute atomic E-state index is 15.6. The van der Waals surface area contributed by atoms with Gasteiger partial charge in [0.05, 0.1) is 0 Å². The molecule has 1 saturated carbocycles. The van der Waals surface area contributed by atoms with E-state index in [-0.39, 0.29) is 29.9 Å². The molecule has 8 nitrogen and oxygen atoms in total. The van der Waals surface area contributed by atoms with Crippen LogP contribution >= 0.6 is 0 Å². The van der Waals surface area contributed by atoms with E-state index in [9.17, 15) is 9.59 Å². The number of rotatable bonds is 6. The first-order chi connectivity index (χ1) is 16.4. The van der Waals surface area contributed by atoms with Gasteiger partial charge in [0.25, 0.3) is 5.91 Å². The molecular formula is C25H26FN3O5. The number of halogens is 1. The molecule has 9 heteroatoms. The van der Waals surface area contributed by atoms with E-state index in [1.54, 1.807) is 6.08 Å². The first-order valence-electron chi connectivity index (χ1n) is 11.3. The molecule has 0 bridgehead atoms. The van der Waals surface area contributed by atoms with Crippen LogP contribution < -0.4 is 5.32 Å². The van der Waals surface area contributed by atoms with Crippen LogP contribution in [0.25, 0.3) is 5.57 Å². The van der Waals surface area contributed by atoms with E-state index in [1.165, 1.54) is 24.1 Å². The Bertz CT molecular complexity index is 1140. The van der Waals surface area contributed by atoms with Gasteiger partial charge in [-0.15, -0.1) is 0 Å². The summed E-state index contributed by atoms with van der Waals surface area (Å²) < 4.78 is 32.0. The van der Waals surface area contributed by atoms with Gasteiger partial charge in [-0.25, -0.2) is 9.18 Å². The molecule has 1 N–H and O–H groups in total. The fourth-order valence-electron chi connectivity index (χ4n) is 4.65. The number of nitrogens with one attached hydrogen (secondary N) is 1. The molecular weight excluding hydrogens is 441 g/mol. The van der Waals surface area contributed by atoms with Crippen LogP contribution in [0.15, 0.2) is 59.1 Å². The summed E-state index contributed by atoms with van der Waals surface area (Å²) in [5, 5.41) is 6.08. The van der Waals surface area contributed by atoms with Gasteiger partial charge in [-0.3, -0.25) is 9.69 Å². The number of carbonyl (C=O) groups is 2. The third-order valence-corrected chi connectivity index (χ3v) is 6.76. The Hall–Kier alpha value is -3.46. The van der Waals surface area contributed by atoms with Crippen molar-refractivity contribution in [2.24, 2.45) is 5.41 Å². The van der Waals surface area contributed by atoms with Crippen LogP contribution in [-0.4, -0.2) is 47.7 Å². The normalized spacial score (nSPS) is 24.7.